The molecule has 0 aliphatic carbocycles. The third kappa shape index (κ3) is 2.46. The summed E-state index contributed by atoms with van der Waals surface area (Å²) in [6.07, 6.45) is 1.82. The highest BCUT2D eigenvalue weighted by Crippen LogP contribution is 2.31. The molecule has 0 fully saturated rings. The van der Waals surface area contributed by atoms with Crippen LogP contribution in [0, 0.1) is 6.92 Å². The first-order chi connectivity index (χ1) is 9.24. The highest BCUT2D eigenvalue weighted by atomic mass is 32.1. The summed E-state index contributed by atoms with van der Waals surface area (Å²) in [5.74, 6) is -0.0197. The van der Waals surface area contributed by atoms with Crippen LogP contribution >= 0.6 is 11.3 Å². The second kappa shape index (κ2) is 5.01. The van der Waals surface area contributed by atoms with Crippen molar-refractivity contribution in [3.63, 3.8) is 0 Å². The third-order valence-electron chi connectivity index (χ3n) is 3.26. The average molecular weight is 273 g/mol. The molecule has 1 unspecified atom stereocenters. The van der Waals surface area contributed by atoms with E-state index in [4.69, 9.17) is 0 Å². The highest BCUT2D eigenvalue weighted by molar-refractivity contribution is 7.11. The summed E-state index contributed by atoms with van der Waals surface area (Å²) >= 11 is 1.62. The van der Waals surface area contributed by atoms with E-state index in [1.54, 1.807) is 11.3 Å². The van der Waals surface area contributed by atoms with Crippen molar-refractivity contribution in [2.24, 2.45) is 0 Å². The smallest absolute Gasteiger partial charge is 0.229 e. The number of nitrogens with zero attached hydrogens (tertiary/aromatic N) is 1. The number of amides is 1. The van der Waals surface area contributed by atoms with E-state index in [0.29, 0.717) is 13.1 Å². The number of nitrogens with one attached hydrogen (secondary N) is 2. The van der Waals surface area contributed by atoms with Crippen LogP contribution in [0.4, 0.5) is 5.69 Å². The topological polar surface area (TPSA) is 54.0 Å². The number of para-hydroxylation sites is 1. The van der Waals surface area contributed by atoms with Crippen molar-refractivity contribution in [3.05, 3.63) is 45.9 Å². The van der Waals surface area contributed by atoms with Gasteiger partial charge >= 0.3 is 0 Å². The molecule has 3 rings (SSSR count). The van der Waals surface area contributed by atoms with E-state index in [1.807, 2.05) is 37.4 Å². The van der Waals surface area contributed by atoms with Crippen LogP contribution in [0.3, 0.4) is 0 Å². The molecule has 5 heteroatoms. The first kappa shape index (κ1) is 12.2. The number of hydrogen-bond acceptors (Lipinski definition) is 4. The van der Waals surface area contributed by atoms with Gasteiger partial charge in [-0.3, -0.25) is 4.79 Å². The minimum absolute atomic E-state index is 0.0727. The van der Waals surface area contributed by atoms with Gasteiger partial charge in [-0.1, -0.05) is 18.2 Å². The van der Waals surface area contributed by atoms with Gasteiger partial charge in [0.1, 0.15) is 0 Å². The summed E-state index contributed by atoms with van der Waals surface area (Å²) in [5, 5.41) is 7.27. The summed E-state index contributed by atoms with van der Waals surface area (Å²) < 4.78 is 0. The summed E-state index contributed by atoms with van der Waals surface area (Å²) in [6.45, 7) is 3.20. The number of carbonyl (C=O) groups excluding carboxylic acids is 1. The van der Waals surface area contributed by atoms with Crippen LogP contribution in [0.2, 0.25) is 0 Å². The number of aryl methyl sites for hydroxylation is 1. The van der Waals surface area contributed by atoms with Crippen molar-refractivity contribution >= 4 is 22.9 Å². The van der Waals surface area contributed by atoms with E-state index in [2.05, 4.69) is 15.6 Å². The lowest BCUT2D eigenvalue weighted by Crippen LogP contribution is -2.29. The summed E-state index contributed by atoms with van der Waals surface area (Å²) in [6, 6.07) is 7.97. The fourth-order valence-electron chi connectivity index (χ4n) is 2.30. The van der Waals surface area contributed by atoms with E-state index < -0.39 is 0 Å². The minimum atomic E-state index is -0.0924. The van der Waals surface area contributed by atoms with Gasteiger partial charge in [-0.15, -0.1) is 11.3 Å². The normalized spacial score (nSPS) is 16.8. The quantitative estimate of drug-likeness (QED) is 0.902. The van der Waals surface area contributed by atoms with Crippen LogP contribution in [0.5, 0.6) is 0 Å². The van der Waals surface area contributed by atoms with Crippen LogP contribution in [-0.2, 0) is 11.3 Å². The van der Waals surface area contributed by atoms with Crippen LogP contribution < -0.4 is 10.6 Å². The van der Waals surface area contributed by atoms with Gasteiger partial charge in [-0.05, 0) is 18.6 Å². The van der Waals surface area contributed by atoms with Crippen molar-refractivity contribution < 1.29 is 4.79 Å². The summed E-state index contributed by atoms with van der Waals surface area (Å²) in [4.78, 5) is 17.5. The molecule has 0 bridgehead atoms. The molecule has 2 heterocycles. The molecular weight excluding hydrogens is 258 g/mol. The Balaban J connectivity index is 1.66. The molecule has 1 amide bonds. The zero-order valence-corrected chi connectivity index (χ0v) is 11.5. The van der Waals surface area contributed by atoms with Crippen LogP contribution in [0.25, 0.3) is 0 Å². The highest BCUT2D eigenvalue weighted by Gasteiger charge is 2.27. The molecule has 19 heavy (non-hydrogen) atoms. The van der Waals surface area contributed by atoms with Gasteiger partial charge in [0.25, 0.3) is 0 Å². The van der Waals surface area contributed by atoms with Crippen molar-refractivity contribution in [2.45, 2.75) is 19.4 Å². The van der Waals surface area contributed by atoms with E-state index >= 15 is 0 Å². The standard InChI is InChI=1S/C14H15N3OS/c1-9-15-6-10(19-9)7-17-14(18)12-8-16-13-5-3-2-4-11(12)13/h2-6,12,16H,7-8H2,1H3,(H,17,18). The number of aromatic nitrogens is 1. The molecule has 1 aliphatic heterocycles. The molecule has 0 saturated carbocycles. The molecule has 4 nitrogen and oxygen atoms in total. The zero-order valence-electron chi connectivity index (χ0n) is 10.6. The Morgan fingerprint density at radius 2 is 2.37 bits per heavy atom. The maximum Gasteiger partial charge on any atom is 0.229 e. The molecule has 2 aromatic rings. The molecule has 2 N–H and O–H groups in total. The number of benzene rings is 1. The molecule has 98 valence electrons. The van der Waals surface area contributed by atoms with Crippen LogP contribution in [-0.4, -0.2) is 17.4 Å². The number of carbonyl (C=O) groups is 1. The van der Waals surface area contributed by atoms with Crippen molar-refractivity contribution in [1.29, 1.82) is 0 Å². The molecule has 0 saturated heterocycles. The van der Waals surface area contributed by atoms with Gasteiger partial charge in [0.2, 0.25) is 5.91 Å². The monoisotopic (exact) mass is 273 g/mol. The first-order valence-electron chi connectivity index (χ1n) is 6.26. The van der Waals surface area contributed by atoms with Crippen molar-refractivity contribution in [2.75, 3.05) is 11.9 Å². The van der Waals surface area contributed by atoms with Crippen molar-refractivity contribution in [1.82, 2.24) is 10.3 Å². The van der Waals surface area contributed by atoms with Gasteiger partial charge < -0.3 is 10.6 Å². The lowest BCUT2D eigenvalue weighted by molar-refractivity contribution is -0.122. The third-order valence-corrected chi connectivity index (χ3v) is 4.17. The lowest BCUT2D eigenvalue weighted by Gasteiger charge is -2.10. The molecular formula is C14H15N3OS. The average Bonchev–Trinajstić information content (AvgIpc) is 3.02. The van der Waals surface area contributed by atoms with E-state index in [9.17, 15) is 4.79 Å². The fraction of sp³-hybridized carbons (Fsp3) is 0.286. The van der Waals surface area contributed by atoms with Crippen LogP contribution in [0.15, 0.2) is 30.5 Å². The largest absolute Gasteiger partial charge is 0.384 e. The molecule has 1 aromatic carbocycles. The second-order valence-electron chi connectivity index (χ2n) is 4.58. The first-order valence-corrected chi connectivity index (χ1v) is 7.07. The Labute approximate surface area is 115 Å². The number of hydrogen-bond donors (Lipinski definition) is 2. The van der Waals surface area contributed by atoms with Gasteiger partial charge in [0.15, 0.2) is 0 Å². The predicted molar refractivity (Wildman–Crippen MR) is 76.4 cm³/mol. The van der Waals surface area contributed by atoms with Gasteiger partial charge in [0.05, 0.1) is 17.5 Å². The van der Waals surface area contributed by atoms with Gasteiger partial charge in [0, 0.05) is 23.3 Å². The minimum Gasteiger partial charge on any atom is -0.384 e. The molecule has 0 spiro atoms. The maximum atomic E-state index is 12.2. The zero-order chi connectivity index (χ0) is 13.2. The Hall–Kier alpha value is -1.88. The predicted octanol–water partition coefficient (Wildman–Crippen LogP) is 2.28. The molecule has 1 atom stereocenters. The number of thiazole rings is 1. The SMILES string of the molecule is Cc1ncc(CNC(=O)C2CNc3ccccc32)s1. The van der Waals surface area contributed by atoms with Gasteiger partial charge in [-0.25, -0.2) is 4.98 Å². The Bertz CT molecular complexity index is 608. The van der Waals surface area contributed by atoms with E-state index in [1.165, 1.54) is 0 Å². The molecule has 1 aromatic heterocycles. The molecule has 1 aliphatic rings. The van der Waals surface area contributed by atoms with E-state index in [0.717, 1.165) is 21.1 Å². The number of rotatable bonds is 3. The summed E-state index contributed by atoms with van der Waals surface area (Å²) in [7, 11) is 0. The fourth-order valence-corrected chi connectivity index (χ4v) is 3.04. The second-order valence-corrected chi connectivity index (χ2v) is 5.90. The lowest BCUT2D eigenvalue weighted by atomic mass is 10.0. The Morgan fingerprint density at radius 1 is 1.53 bits per heavy atom. The Kier molecular flexibility index (Phi) is 3.21. The van der Waals surface area contributed by atoms with Gasteiger partial charge in [-0.2, -0.15) is 0 Å². The Morgan fingerprint density at radius 3 is 3.16 bits per heavy atom. The van der Waals surface area contributed by atoms with Crippen molar-refractivity contribution in [3.8, 4) is 0 Å². The number of anilines is 1. The maximum absolute atomic E-state index is 12.2. The number of fused-ring (bicyclic) bond motifs is 1. The molecule has 0 radical (unpaired) electrons. The van der Waals surface area contributed by atoms with E-state index in [-0.39, 0.29) is 11.8 Å². The summed E-state index contributed by atoms with van der Waals surface area (Å²) in [5.41, 5.74) is 2.15. The van der Waals surface area contributed by atoms with Crippen LogP contribution in [0.1, 0.15) is 21.4 Å².